The molecule has 88 valence electrons. The lowest BCUT2D eigenvalue weighted by Gasteiger charge is -2.10. The van der Waals surface area contributed by atoms with Crippen molar-refractivity contribution >= 4 is 34.1 Å². The monoisotopic (exact) mass is 257 g/mol. The van der Waals surface area contributed by atoms with Crippen LogP contribution in [0.15, 0.2) is 4.21 Å². The van der Waals surface area contributed by atoms with Crippen LogP contribution in [0.5, 0.6) is 0 Å². The number of hydrogen-bond donors (Lipinski definition) is 2. The highest BCUT2D eigenvalue weighted by atomic mass is 32.2. The van der Waals surface area contributed by atoms with E-state index in [-0.39, 0.29) is 5.91 Å². The maximum absolute atomic E-state index is 11.4. The van der Waals surface area contributed by atoms with E-state index in [2.05, 4.69) is 10.3 Å². The molecule has 1 aromatic rings. The fourth-order valence-corrected chi connectivity index (χ4v) is 4.16. The zero-order chi connectivity index (χ0) is 11.5. The average molecular weight is 257 g/mol. The second-order valence-corrected chi connectivity index (χ2v) is 6.46. The molecule has 1 aliphatic rings. The van der Waals surface area contributed by atoms with Gasteiger partial charge in [-0.25, -0.2) is 4.98 Å². The Morgan fingerprint density at radius 3 is 3.12 bits per heavy atom. The number of aromatic nitrogens is 1. The fraction of sp³-hybridized carbons (Fsp3) is 0.600. The molecular weight excluding hydrogens is 242 g/mol. The van der Waals surface area contributed by atoms with Crippen LogP contribution in [0, 0.1) is 6.92 Å². The molecule has 1 fully saturated rings. The van der Waals surface area contributed by atoms with E-state index in [1.54, 1.807) is 11.8 Å². The molecule has 1 amide bonds. The minimum atomic E-state index is 0.158. The topological polar surface area (TPSA) is 68.0 Å². The fourth-order valence-electron chi connectivity index (χ4n) is 1.70. The zero-order valence-electron chi connectivity index (χ0n) is 9.16. The van der Waals surface area contributed by atoms with Gasteiger partial charge in [-0.15, -0.1) is 11.8 Å². The van der Waals surface area contributed by atoms with E-state index in [0.29, 0.717) is 16.8 Å². The van der Waals surface area contributed by atoms with Gasteiger partial charge in [-0.1, -0.05) is 11.3 Å². The molecule has 0 spiro atoms. The second kappa shape index (κ2) is 5.05. The Bertz CT molecular complexity index is 391. The molecule has 1 atom stereocenters. The standard InChI is InChI=1S/C10H15N3OS2/c1-6-9(16-10(11)13-6)15-7-3-2-4-12-8(14)5-7/h7H,2-5H2,1H3,(H2,11,13)(H,12,14). The van der Waals surface area contributed by atoms with E-state index in [4.69, 9.17) is 5.73 Å². The van der Waals surface area contributed by atoms with Crippen LogP contribution in [0.4, 0.5) is 5.13 Å². The molecule has 0 saturated carbocycles. The van der Waals surface area contributed by atoms with Crippen LogP contribution >= 0.6 is 23.1 Å². The Kier molecular flexibility index (Phi) is 3.70. The lowest BCUT2D eigenvalue weighted by Crippen LogP contribution is -2.22. The smallest absolute Gasteiger partial charge is 0.221 e. The van der Waals surface area contributed by atoms with Gasteiger partial charge in [0.1, 0.15) is 0 Å². The number of carbonyl (C=O) groups is 1. The van der Waals surface area contributed by atoms with Crippen molar-refractivity contribution in [2.75, 3.05) is 12.3 Å². The number of thiazole rings is 1. The lowest BCUT2D eigenvalue weighted by atomic mass is 10.2. The molecular formula is C10H15N3OS2. The van der Waals surface area contributed by atoms with Crippen molar-refractivity contribution < 1.29 is 4.79 Å². The number of carbonyl (C=O) groups excluding carboxylic acids is 1. The van der Waals surface area contributed by atoms with E-state index in [1.807, 2.05) is 6.92 Å². The Morgan fingerprint density at radius 1 is 1.62 bits per heavy atom. The minimum Gasteiger partial charge on any atom is -0.375 e. The summed E-state index contributed by atoms with van der Waals surface area (Å²) in [7, 11) is 0. The van der Waals surface area contributed by atoms with Crippen LogP contribution in [0.3, 0.4) is 0 Å². The summed E-state index contributed by atoms with van der Waals surface area (Å²) >= 11 is 3.26. The third-order valence-corrected chi connectivity index (χ3v) is 5.05. The summed E-state index contributed by atoms with van der Waals surface area (Å²) in [5, 5.41) is 3.86. The number of thioether (sulfide) groups is 1. The largest absolute Gasteiger partial charge is 0.375 e. The van der Waals surface area contributed by atoms with Crippen molar-refractivity contribution in [2.24, 2.45) is 0 Å². The molecule has 0 aliphatic carbocycles. The first-order valence-corrected chi connectivity index (χ1v) is 7.01. The van der Waals surface area contributed by atoms with E-state index in [9.17, 15) is 4.79 Å². The van der Waals surface area contributed by atoms with E-state index in [1.165, 1.54) is 11.3 Å². The van der Waals surface area contributed by atoms with Gasteiger partial charge in [0.05, 0.1) is 9.90 Å². The number of rotatable bonds is 2. The van der Waals surface area contributed by atoms with Crippen molar-refractivity contribution in [1.82, 2.24) is 10.3 Å². The molecule has 4 nitrogen and oxygen atoms in total. The Hall–Kier alpha value is -0.750. The number of nitrogens with one attached hydrogen (secondary N) is 1. The van der Waals surface area contributed by atoms with Gasteiger partial charge in [0.15, 0.2) is 5.13 Å². The number of anilines is 1. The van der Waals surface area contributed by atoms with Gasteiger partial charge < -0.3 is 11.1 Å². The Labute approximate surface area is 103 Å². The number of nitrogen functional groups attached to an aromatic ring is 1. The number of nitrogens with two attached hydrogens (primary N) is 1. The van der Waals surface area contributed by atoms with Gasteiger partial charge >= 0.3 is 0 Å². The van der Waals surface area contributed by atoms with Crippen LogP contribution in [0.1, 0.15) is 25.0 Å². The summed E-state index contributed by atoms with van der Waals surface area (Å²) in [6, 6.07) is 0. The van der Waals surface area contributed by atoms with Gasteiger partial charge in [0.25, 0.3) is 0 Å². The molecule has 2 heterocycles. The summed E-state index contributed by atoms with van der Waals surface area (Å²) in [5.74, 6) is 0.158. The van der Waals surface area contributed by atoms with E-state index in [0.717, 1.165) is 29.3 Å². The van der Waals surface area contributed by atoms with Crippen LogP contribution in [0.25, 0.3) is 0 Å². The van der Waals surface area contributed by atoms with Gasteiger partial charge in [-0.2, -0.15) is 0 Å². The quantitative estimate of drug-likeness (QED) is 0.847. The SMILES string of the molecule is Cc1nc(N)sc1SC1CCCNC(=O)C1. The maximum Gasteiger partial charge on any atom is 0.221 e. The first kappa shape index (κ1) is 11.7. The third kappa shape index (κ3) is 2.89. The predicted molar refractivity (Wildman–Crippen MR) is 67.8 cm³/mol. The summed E-state index contributed by atoms with van der Waals surface area (Å²) in [5.41, 5.74) is 6.64. The van der Waals surface area contributed by atoms with Crippen molar-refractivity contribution in [3.05, 3.63) is 5.69 Å². The van der Waals surface area contributed by atoms with Crippen LogP contribution < -0.4 is 11.1 Å². The predicted octanol–water partition coefficient (Wildman–Crippen LogP) is 1.79. The van der Waals surface area contributed by atoms with Crippen molar-refractivity contribution in [3.8, 4) is 0 Å². The molecule has 1 saturated heterocycles. The normalized spacial score (nSPS) is 21.6. The van der Waals surface area contributed by atoms with Crippen LogP contribution in [-0.2, 0) is 4.79 Å². The van der Waals surface area contributed by atoms with Gasteiger partial charge in [0.2, 0.25) is 5.91 Å². The highest BCUT2D eigenvalue weighted by molar-refractivity contribution is 8.01. The van der Waals surface area contributed by atoms with Crippen molar-refractivity contribution in [2.45, 2.75) is 35.6 Å². The zero-order valence-corrected chi connectivity index (χ0v) is 10.8. The molecule has 1 aromatic heterocycles. The first-order chi connectivity index (χ1) is 7.65. The maximum atomic E-state index is 11.4. The first-order valence-electron chi connectivity index (χ1n) is 5.31. The number of amides is 1. The molecule has 6 heteroatoms. The minimum absolute atomic E-state index is 0.158. The molecule has 0 radical (unpaired) electrons. The third-order valence-electron chi connectivity index (χ3n) is 2.48. The summed E-state index contributed by atoms with van der Waals surface area (Å²) in [4.78, 5) is 15.6. The Morgan fingerprint density at radius 2 is 2.44 bits per heavy atom. The molecule has 1 aliphatic heterocycles. The van der Waals surface area contributed by atoms with Gasteiger partial charge in [-0.05, 0) is 19.8 Å². The van der Waals surface area contributed by atoms with Crippen LogP contribution in [-0.4, -0.2) is 22.7 Å². The number of nitrogens with zero attached hydrogens (tertiary/aromatic N) is 1. The molecule has 0 aromatic carbocycles. The van der Waals surface area contributed by atoms with Crippen molar-refractivity contribution in [3.63, 3.8) is 0 Å². The summed E-state index contributed by atoms with van der Waals surface area (Å²) in [6.45, 7) is 2.77. The lowest BCUT2D eigenvalue weighted by molar-refractivity contribution is -0.120. The highest BCUT2D eigenvalue weighted by Gasteiger charge is 2.20. The second-order valence-electron chi connectivity index (χ2n) is 3.86. The van der Waals surface area contributed by atoms with E-state index >= 15 is 0 Å². The highest BCUT2D eigenvalue weighted by Crippen LogP contribution is 2.36. The number of aryl methyl sites for hydroxylation is 1. The molecule has 0 bridgehead atoms. The molecule has 2 rings (SSSR count). The summed E-state index contributed by atoms with van der Waals surface area (Å²) < 4.78 is 1.15. The van der Waals surface area contributed by atoms with Gasteiger partial charge in [-0.3, -0.25) is 4.79 Å². The molecule has 16 heavy (non-hydrogen) atoms. The Balaban J connectivity index is 2.02. The number of hydrogen-bond acceptors (Lipinski definition) is 5. The van der Waals surface area contributed by atoms with Crippen LogP contribution in [0.2, 0.25) is 0 Å². The molecule has 3 N–H and O–H groups in total. The van der Waals surface area contributed by atoms with Gasteiger partial charge in [0, 0.05) is 18.2 Å². The van der Waals surface area contributed by atoms with E-state index < -0.39 is 0 Å². The molecule has 1 unspecified atom stereocenters. The average Bonchev–Trinajstić information content (AvgIpc) is 2.42. The van der Waals surface area contributed by atoms with Crippen molar-refractivity contribution in [1.29, 1.82) is 0 Å². The summed E-state index contributed by atoms with van der Waals surface area (Å²) in [6.07, 6.45) is 2.72.